The molecule has 0 aliphatic rings. The molecule has 0 saturated heterocycles. The summed E-state index contributed by atoms with van der Waals surface area (Å²) in [6.45, 7) is 0. The van der Waals surface area contributed by atoms with Crippen LogP contribution in [0, 0.1) is 5.82 Å². The van der Waals surface area contributed by atoms with Crippen LogP contribution in [0.4, 0.5) is 10.1 Å². The number of methoxy groups -OCH3 is 1. The molecule has 5 nitrogen and oxygen atoms in total. The molecule has 0 fully saturated rings. The smallest absolute Gasteiger partial charge is 0.303 e. The molecule has 0 atom stereocenters. The van der Waals surface area contributed by atoms with E-state index in [9.17, 15) is 14.0 Å². The molecule has 0 aliphatic heterocycles. The summed E-state index contributed by atoms with van der Waals surface area (Å²) in [5.74, 6) is -1.76. The fourth-order valence-corrected chi connectivity index (χ4v) is 1.37. The topological polar surface area (TPSA) is 75.6 Å². The van der Waals surface area contributed by atoms with Crippen LogP contribution >= 0.6 is 0 Å². The van der Waals surface area contributed by atoms with Gasteiger partial charge in [-0.05, 0) is 18.6 Å². The maximum absolute atomic E-state index is 13.3. The quantitative estimate of drug-likeness (QED) is 0.815. The van der Waals surface area contributed by atoms with Crippen molar-refractivity contribution in [2.24, 2.45) is 0 Å². The molecule has 0 aromatic heterocycles. The third kappa shape index (κ3) is 4.40. The number of carboxylic acids is 1. The summed E-state index contributed by atoms with van der Waals surface area (Å²) < 4.78 is 18.0. The number of benzene rings is 1. The Morgan fingerprint density at radius 1 is 1.39 bits per heavy atom. The van der Waals surface area contributed by atoms with E-state index in [0.29, 0.717) is 5.69 Å². The SMILES string of the molecule is COc1ccc(NC(=O)CCCC(=O)O)cc1F. The Morgan fingerprint density at radius 2 is 2.11 bits per heavy atom. The Hall–Kier alpha value is -2.11. The molecular formula is C12H14FNO4. The number of ether oxygens (including phenoxy) is 1. The van der Waals surface area contributed by atoms with Crippen molar-refractivity contribution in [3.63, 3.8) is 0 Å². The molecule has 1 amide bonds. The molecule has 0 unspecified atom stereocenters. The molecule has 0 heterocycles. The van der Waals surface area contributed by atoms with Crippen molar-refractivity contribution in [1.29, 1.82) is 0 Å². The Morgan fingerprint density at radius 3 is 2.67 bits per heavy atom. The van der Waals surface area contributed by atoms with Crippen LogP contribution in [-0.4, -0.2) is 24.1 Å². The second-order valence-corrected chi connectivity index (χ2v) is 3.64. The Kier molecular flexibility index (Phi) is 5.10. The number of halogens is 1. The Balaban J connectivity index is 2.49. The number of carbonyl (C=O) groups is 2. The predicted octanol–water partition coefficient (Wildman–Crippen LogP) is 2.03. The molecule has 1 aromatic rings. The lowest BCUT2D eigenvalue weighted by atomic mass is 10.2. The molecule has 0 aliphatic carbocycles. The fraction of sp³-hybridized carbons (Fsp3) is 0.333. The Labute approximate surface area is 104 Å². The largest absolute Gasteiger partial charge is 0.494 e. The molecule has 98 valence electrons. The van der Waals surface area contributed by atoms with Crippen LogP contribution in [0.2, 0.25) is 0 Å². The highest BCUT2D eigenvalue weighted by Crippen LogP contribution is 2.20. The van der Waals surface area contributed by atoms with Crippen molar-refractivity contribution < 1.29 is 23.8 Å². The van der Waals surface area contributed by atoms with E-state index in [4.69, 9.17) is 9.84 Å². The van der Waals surface area contributed by atoms with Crippen LogP contribution in [0.15, 0.2) is 18.2 Å². The van der Waals surface area contributed by atoms with Gasteiger partial charge in [0.15, 0.2) is 11.6 Å². The lowest BCUT2D eigenvalue weighted by Gasteiger charge is -2.07. The molecule has 18 heavy (non-hydrogen) atoms. The zero-order valence-corrected chi connectivity index (χ0v) is 9.90. The van der Waals surface area contributed by atoms with E-state index in [1.165, 1.54) is 19.2 Å². The number of nitrogens with one attached hydrogen (secondary N) is 1. The normalized spacial score (nSPS) is 9.89. The van der Waals surface area contributed by atoms with Gasteiger partial charge in [-0.25, -0.2) is 4.39 Å². The van der Waals surface area contributed by atoms with Gasteiger partial charge < -0.3 is 15.2 Å². The van der Waals surface area contributed by atoms with Crippen molar-refractivity contribution in [1.82, 2.24) is 0 Å². The van der Waals surface area contributed by atoms with Gasteiger partial charge in [0.2, 0.25) is 5.91 Å². The van der Waals surface area contributed by atoms with Gasteiger partial charge in [0.25, 0.3) is 0 Å². The van der Waals surface area contributed by atoms with Crippen molar-refractivity contribution in [2.45, 2.75) is 19.3 Å². The highest BCUT2D eigenvalue weighted by atomic mass is 19.1. The van der Waals surface area contributed by atoms with Gasteiger partial charge in [0.05, 0.1) is 7.11 Å². The van der Waals surface area contributed by atoms with E-state index in [1.807, 2.05) is 0 Å². The first-order valence-electron chi connectivity index (χ1n) is 5.38. The minimum Gasteiger partial charge on any atom is -0.494 e. The number of hydrogen-bond donors (Lipinski definition) is 2. The zero-order valence-electron chi connectivity index (χ0n) is 9.90. The van der Waals surface area contributed by atoms with Crippen molar-refractivity contribution in [3.05, 3.63) is 24.0 Å². The second kappa shape index (κ2) is 6.58. The van der Waals surface area contributed by atoms with E-state index in [1.54, 1.807) is 0 Å². The van der Waals surface area contributed by atoms with Gasteiger partial charge >= 0.3 is 5.97 Å². The number of rotatable bonds is 6. The van der Waals surface area contributed by atoms with Gasteiger partial charge in [-0.2, -0.15) is 0 Å². The summed E-state index contributed by atoms with van der Waals surface area (Å²) >= 11 is 0. The first-order valence-corrected chi connectivity index (χ1v) is 5.38. The van der Waals surface area contributed by atoms with Crippen LogP contribution < -0.4 is 10.1 Å². The van der Waals surface area contributed by atoms with Crippen LogP contribution in [0.5, 0.6) is 5.75 Å². The van der Waals surface area contributed by atoms with Crippen molar-refractivity contribution >= 4 is 17.6 Å². The molecule has 0 saturated carbocycles. The van der Waals surface area contributed by atoms with Gasteiger partial charge in [-0.1, -0.05) is 0 Å². The van der Waals surface area contributed by atoms with Crippen molar-refractivity contribution in [2.75, 3.05) is 12.4 Å². The molecule has 0 spiro atoms. The minimum absolute atomic E-state index is 0.0651. The number of hydrogen-bond acceptors (Lipinski definition) is 3. The molecule has 0 radical (unpaired) electrons. The van der Waals surface area contributed by atoms with E-state index in [0.717, 1.165) is 6.07 Å². The fourth-order valence-electron chi connectivity index (χ4n) is 1.37. The minimum atomic E-state index is -0.946. The predicted molar refractivity (Wildman–Crippen MR) is 63.1 cm³/mol. The summed E-state index contributed by atoms with van der Waals surface area (Å²) in [6.07, 6.45) is 0.268. The van der Waals surface area contributed by atoms with Gasteiger partial charge in [-0.15, -0.1) is 0 Å². The molecule has 6 heteroatoms. The standard InChI is InChI=1S/C12H14FNO4/c1-18-10-6-5-8(7-9(10)13)14-11(15)3-2-4-12(16)17/h5-7H,2-4H2,1H3,(H,14,15)(H,16,17). The number of aliphatic carboxylic acids is 1. The monoisotopic (exact) mass is 255 g/mol. The number of carbonyl (C=O) groups excluding carboxylic acids is 1. The highest BCUT2D eigenvalue weighted by molar-refractivity contribution is 5.90. The molecule has 1 aromatic carbocycles. The lowest BCUT2D eigenvalue weighted by Crippen LogP contribution is -2.12. The average molecular weight is 255 g/mol. The van der Waals surface area contributed by atoms with Crippen LogP contribution in [0.1, 0.15) is 19.3 Å². The lowest BCUT2D eigenvalue weighted by molar-refractivity contribution is -0.137. The van der Waals surface area contributed by atoms with E-state index in [2.05, 4.69) is 5.32 Å². The first-order chi connectivity index (χ1) is 8.52. The van der Waals surface area contributed by atoms with Gasteiger partial charge in [0, 0.05) is 24.6 Å². The number of anilines is 1. The maximum Gasteiger partial charge on any atom is 0.303 e. The summed E-state index contributed by atoms with van der Waals surface area (Å²) in [5, 5.41) is 10.9. The molecule has 1 rings (SSSR count). The zero-order chi connectivity index (χ0) is 13.5. The van der Waals surface area contributed by atoms with Crippen LogP contribution in [0.25, 0.3) is 0 Å². The first kappa shape index (κ1) is 14.0. The number of carboxylic acid groups (broad SMARTS) is 1. The van der Waals surface area contributed by atoms with Crippen molar-refractivity contribution in [3.8, 4) is 5.75 Å². The maximum atomic E-state index is 13.3. The Bertz CT molecular complexity index is 448. The van der Waals surface area contributed by atoms with Crippen LogP contribution in [-0.2, 0) is 9.59 Å². The highest BCUT2D eigenvalue weighted by Gasteiger charge is 2.07. The molecule has 2 N–H and O–H groups in total. The van der Waals surface area contributed by atoms with E-state index >= 15 is 0 Å². The summed E-state index contributed by atoms with van der Waals surface area (Å²) in [6, 6.07) is 4.06. The van der Waals surface area contributed by atoms with Gasteiger partial charge in [-0.3, -0.25) is 9.59 Å². The van der Waals surface area contributed by atoms with E-state index < -0.39 is 11.8 Å². The van der Waals surface area contributed by atoms with Gasteiger partial charge in [0.1, 0.15) is 0 Å². The summed E-state index contributed by atoms with van der Waals surface area (Å²) in [5.41, 5.74) is 0.314. The summed E-state index contributed by atoms with van der Waals surface area (Å²) in [4.78, 5) is 21.7. The third-order valence-corrected chi connectivity index (χ3v) is 2.23. The average Bonchev–Trinajstić information content (AvgIpc) is 2.28. The van der Waals surface area contributed by atoms with Crippen LogP contribution in [0.3, 0.4) is 0 Å². The third-order valence-electron chi connectivity index (χ3n) is 2.23. The number of amides is 1. The summed E-state index contributed by atoms with van der Waals surface area (Å²) in [7, 11) is 1.35. The molecule has 0 bridgehead atoms. The van der Waals surface area contributed by atoms with E-state index in [-0.39, 0.29) is 30.9 Å². The second-order valence-electron chi connectivity index (χ2n) is 3.64. The molecular weight excluding hydrogens is 241 g/mol.